The summed E-state index contributed by atoms with van der Waals surface area (Å²) in [5, 5.41) is 76.3. The summed E-state index contributed by atoms with van der Waals surface area (Å²) in [4.78, 5) is 23.6. The van der Waals surface area contributed by atoms with Crippen LogP contribution in [0.25, 0.3) is 32.9 Å². The van der Waals surface area contributed by atoms with E-state index in [1.165, 1.54) is 49.4 Å². The Balaban J connectivity index is 0.00000331. The number of anilines is 2. The predicted molar refractivity (Wildman–Crippen MR) is 281 cm³/mol. The molecule has 9 aromatic rings. The fourth-order valence-corrected chi connectivity index (χ4v) is 10.2. The number of hydrogen-bond acceptors (Lipinski definition) is 25. The van der Waals surface area contributed by atoms with E-state index in [2.05, 4.69) is 55.9 Å². The Labute approximate surface area is 609 Å². The van der Waals surface area contributed by atoms with Crippen LogP contribution in [-0.2, 0) is 40.5 Å². The third kappa shape index (κ3) is 17.7. The van der Waals surface area contributed by atoms with Gasteiger partial charge in [0.05, 0.1) is 61.9 Å². The zero-order valence-corrected chi connectivity index (χ0v) is 60.0. The topological polar surface area (TPSA) is 479 Å². The number of benzene rings is 8. The summed E-state index contributed by atoms with van der Waals surface area (Å²) in [5.74, 6) is -5.72. The summed E-state index contributed by atoms with van der Waals surface area (Å²) in [6, 6.07) is 24.8. The molecule has 38 heteroatoms. The van der Waals surface area contributed by atoms with Gasteiger partial charge < -0.3 is 39.8 Å². The van der Waals surface area contributed by atoms with Crippen LogP contribution in [0.15, 0.2) is 183 Å². The molecule has 0 fully saturated rings. The molecule has 0 saturated carbocycles. The number of hydrogen-bond donors (Lipinski definition) is 5. The first-order valence-corrected chi connectivity index (χ1v) is 28.7. The van der Waals surface area contributed by atoms with E-state index in [-0.39, 0.29) is 204 Å². The fourth-order valence-electron chi connectivity index (χ4n) is 7.91. The molecule has 0 unspecified atom stereocenters. The van der Waals surface area contributed by atoms with Crippen LogP contribution >= 0.6 is 0 Å². The van der Waals surface area contributed by atoms with Crippen molar-refractivity contribution in [2.45, 2.75) is 26.5 Å². The summed E-state index contributed by atoms with van der Waals surface area (Å²) in [7, 11) is -19.7. The number of carboxylic acids is 1. The second-order valence-corrected chi connectivity index (χ2v) is 22.9. The zero-order chi connectivity index (χ0) is 59.9. The third-order valence-electron chi connectivity index (χ3n) is 11.7. The number of aromatic nitrogens is 3. The molecule has 0 spiro atoms. The third-order valence-corrected chi connectivity index (χ3v) is 15.1. The smallest absolute Gasteiger partial charge is 0.872 e. The van der Waals surface area contributed by atoms with Crippen LogP contribution < -0.4 is 184 Å². The van der Waals surface area contributed by atoms with Gasteiger partial charge in [0.15, 0.2) is 5.82 Å². The number of nitrogens with zero attached hydrogens (tertiary/aromatic N) is 9. The number of rotatable bonds is 16. The van der Waals surface area contributed by atoms with Gasteiger partial charge in [0.1, 0.15) is 26.5 Å². The molecule has 0 aliphatic carbocycles. The van der Waals surface area contributed by atoms with Crippen molar-refractivity contribution in [1.82, 2.24) is 15.0 Å². The summed E-state index contributed by atoms with van der Waals surface area (Å²) in [6.07, 6.45) is 0. The van der Waals surface area contributed by atoms with Crippen molar-refractivity contribution in [3.63, 3.8) is 0 Å². The number of H-pyrrole nitrogens is 1. The van der Waals surface area contributed by atoms with Gasteiger partial charge in [-0.25, -0.2) is 13.4 Å². The number of aromatic carboxylic acids is 1. The molecule has 0 aliphatic heterocycles. The van der Waals surface area contributed by atoms with Gasteiger partial charge in [0.25, 0.3) is 30.4 Å². The summed E-state index contributed by atoms with van der Waals surface area (Å²) in [5.41, 5.74) is -2.10. The number of carboxylic acid groups (broad SMARTS) is 1. The monoisotopic (exact) mass is 1320 g/mol. The van der Waals surface area contributed by atoms with Crippen molar-refractivity contribution < 1.29 is 230 Å². The van der Waals surface area contributed by atoms with Gasteiger partial charge in [-0.1, -0.05) is 41.5 Å². The van der Waals surface area contributed by atoms with Crippen molar-refractivity contribution in [2.24, 2.45) is 35.7 Å². The van der Waals surface area contributed by atoms with Crippen LogP contribution in [0.1, 0.15) is 15.9 Å². The van der Waals surface area contributed by atoms with Crippen LogP contribution in [0.4, 0.5) is 51.4 Å². The van der Waals surface area contributed by atoms with Gasteiger partial charge in [0.2, 0.25) is 11.6 Å². The Kier molecular flexibility index (Phi) is 26.1. The minimum Gasteiger partial charge on any atom is -0.872 e. The van der Waals surface area contributed by atoms with E-state index in [0.29, 0.717) is 29.6 Å². The maximum atomic E-state index is 14.8. The number of aromatic amines is 1. The Hall–Kier alpha value is -5.00. The molecule has 0 amide bonds. The van der Waals surface area contributed by atoms with Crippen molar-refractivity contribution in [3.8, 4) is 34.4 Å². The van der Waals surface area contributed by atoms with E-state index in [1.807, 2.05) is 0 Å². The number of nitrogens with one attached hydrogen (secondary N) is 2. The largest absolute Gasteiger partial charge is 1.00 e. The molecule has 29 nitrogen and oxygen atoms in total. The first-order valence-electron chi connectivity index (χ1n) is 22.9. The van der Waals surface area contributed by atoms with Gasteiger partial charge in [-0.3, -0.25) is 18.6 Å². The summed E-state index contributed by atoms with van der Waals surface area (Å²) >= 11 is 0. The molecule has 88 heavy (non-hydrogen) atoms. The van der Waals surface area contributed by atoms with Crippen LogP contribution in [-0.4, -0.2) is 79.9 Å². The van der Waals surface area contributed by atoms with Crippen molar-refractivity contribution >= 4 is 119 Å². The minimum absolute atomic E-state index is 0. The van der Waals surface area contributed by atoms with Crippen LogP contribution in [0.2, 0.25) is 0 Å². The molecule has 8 aromatic carbocycles. The van der Waals surface area contributed by atoms with Crippen LogP contribution in [0, 0.1) is 6.92 Å². The molecule has 1 aromatic heterocycles. The SMILES string of the molecule is COc1cc(N=Nc2cc(S(=O)(=O)O)cc3cc(S(=O)(=O)O)cc([O-])c23)c(C)cc1N=Nc1c(S(=O)(=O)O)cc2cc(S(=O)(=O)[O-])cc(-c3nc(Nc4ccc(N=Nc5ccc([O-])c(C(=O)[O-])c5)cc4)[nH]c(=Nc4ccccc4)n3)c2c1[O-].[Na+].[Na+].[Na+].[Na+].[Na+]. The van der Waals surface area contributed by atoms with E-state index in [1.54, 1.807) is 30.3 Å². The minimum atomic E-state index is -5.46. The Morgan fingerprint density at radius 3 is 1.76 bits per heavy atom. The molecular weight excluding hydrogens is 1290 g/mol. The first-order chi connectivity index (χ1) is 39.0. The molecule has 0 bridgehead atoms. The normalized spacial score (nSPS) is 12.0. The molecule has 0 atom stereocenters. The van der Waals surface area contributed by atoms with E-state index in [4.69, 9.17) is 4.74 Å². The number of para-hydroxylation sites is 1. The van der Waals surface area contributed by atoms with Crippen molar-refractivity contribution in [2.75, 3.05) is 12.4 Å². The molecule has 0 aliphatic rings. The molecule has 0 radical (unpaired) electrons. The summed E-state index contributed by atoms with van der Waals surface area (Å²) < 4.78 is 148. The average molecular weight is 1320 g/mol. The maximum absolute atomic E-state index is 14.8. The summed E-state index contributed by atoms with van der Waals surface area (Å²) in [6.45, 7) is 1.43. The Bertz CT molecular complexity index is 4860. The Morgan fingerprint density at radius 2 is 1.16 bits per heavy atom. The number of aryl methyl sites for hydroxylation is 1. The van der Waals surface area contributed by atoms with Crippen molar-refractivity contribution in [1.29, 1.82) is 0 Å². The van der Waals surface area contributed by atoms with E-state index in [9.17, 15) is 77.1 Å². The molecule has 0 saturated heterocycles. The molecule has 9 rings (SSSR count). The van der Waals surface area contributed by atoms with E-state index in [0.717, 1.165) is 43.5 Å². The number of carbonyl (C=O) groups is 1. The average Bonchev–Trinajstić information content (AvgIpc) is 0.764. The number of fused-ring (bicyclic) bond motifs is 2. The number of ether oxygens (including phenoxy) is 1. The quantitative estimate of drug-likeness (QED) is 0.0341. The molecular formula is C50H32N11Na5O18S4. The number of carbonyl (C=O) groups excluding carboxylic acids is 1. The van der Waals surface area contributed by atoms with E-state index >= 15 is 0 Å². The van der Waals surface area contributed by atoms with Crippen LogP contribution in [0.5, 0.6) is 23.0 Å². The van der Waals surface area contributed by atoms with E-state index < -0.39 is 122 Å². The second-order valence-electron chi connectivity index (χ2n) is 17.3. The van der Waals surface area contributed by atoms with Crippen LogP contribution in [0.3, 0.4) is 0 Å². The zero-order valence-electron chi connectivity index (χ0n) is 46.7. The fraction of sp³-hybridized carbons (Fsp3) is 0.0400. The second kappa shape index (κ2) is 30.4. The number of methoxy groups -OCH3 is 1. The van der Waals surface area contributed by atoms with Crippen molar-refractivity contribution in [3.05, 3.63) is 144 Å². The maximum Gasteiger partial charge on any atom is 1.00 e. The van der Waals surface area contributed by atoms with Gasteiger partial charge in [-0.15, -0.1) is 15.3 Å². The first kappa shape index (κ1) is 75.5. The van der Waals surface area contributed by atoms with Gasteiger partial charge in [-0.05, 0) is 131 Å². The van der Waals surface area contributed by atoms with Gasteiger partial charge in [-0.2, -0.15) is 50.6 Å². The molecule has 1 heterocycles. The van der Waals surface area contributed by atoms with Gasteiger partial charge in [0, 0.05) is 22.7 Å². The number of azo groups is 3. The standard InChI is InChI=1S/C50H37N11O18S4.5Na/c1-24-14-37(41(79-2)23-36(24)58-60-38-21-32(81(70,71)72)15-25-16-33(82(73,74)75)22-40(63)44(25)38)59-61-45-42(83(76,77)78)18-26-17-31(80(67,68)69)20-35(43(26)46(45)64)47-53-49(51-27-6-4-3-5-7-27)55-50(54-47)52-28-8-10-29(11-9-28)56-57-30-12-13-39(62)34(19-30)48(65)66;;;;;/h3-23,62-64H,1-2H3,(H,65,66)(H,67,68,69)(H,70,71,72)(H,73,74,75)(H,76,77,78)(H2,51,52,53,54,55);;;;;/q;5*+1/p-5. The predicted octanol–water partition coefficient (Wildman–Crippen LogP) is -8.43. The molecule has 5 N–H and O–H groups in total. The molecule has 424 valence electrons. The van der Waals surface area contributed by atoms with Gasteiger partial charge >= 0.3 is 148 Å². The Morgan fingerprint density at radius 1 is 0.580 bits per heavy atom.